The molecule has 0 bridgehead atoms. The predicted molar refractivity (Wildman–Crippen MR) is 59.1 cm³/mol. The molecule has 1 fully saturated rings. The number of hydrogen-bond donors (Lipinski definition) is 1. The molecule has 0 unspecified atom stereocenters. The van der Waals surface area contributed by atoms with Crippen LogP contribution in [0.5, 0.6) is 0 Å². The quantitative estimate of drug-likeness (QED) is 0.735. The average molecular weight is 193 g/mol. The molecule has 13 heavy (non-hydrogen) atoms. The van der Waals surface area contributed by atoms with Gasteiger partial charge in [0, 0.05) is 23.6 Å². The minimum Gasteiger partial charge on any atom is -0.308 e. The maximum Gasteiger partial charge on any atom is 0.0438 e. The van der Waals surface area contributed by atoms with E-state index in [1.54, 1.807) is 0 Å². The molecule has 1 N–H and O–H groups in total. The van der Waals surface area contributed by atoms with Crippen LogP contribution in [-0.4, -0.2) is 17.5 Å². The second-order valence-electron chi connectivity index (χ2n) is 3.42. The highest BCUT2D eigenvalue weighted by Crippen LogP contribution is 2.28. The Kier molecular flexibility index (Phi) is 2.91. The van der Waals surface area contributed by atoms with Gasteiger partial charge in [-0.25, -0.2) is 0 Å². The maximum atomic E-state index is 3.56. The molecule has 0 radical (unpaired) electrons. The van der Waals surface area contributed by atoms with Crippen molar-refractivity contribution >= 4 is 11.8 Å². The molecule has 2 atom stereocenters. The third-order valence-corrected chi connectivity index (χ3v) is 3.71. The number of rotatable bonds is 1. The molecule has 2 heteroatoms. The van der Waals surface area contributed by atoms with E-state index in [0.717, 1.165) is 6.54 Å². The normalized spacial score (nSPS) is 28.7. The Balaban J connectivity index is 2.15. The van der Waals surface area contributed by atoms with Crippen molar-refractivity contribution in [2.45, 2.75) is 18.2 Å². The lowest BCUT2D eigenvalue weighted by Gasteiger charge is -2.29. The molecule has 0 spiro atoms. The van der Waals surface area contributed by atoms with Crippen LogP contribution in [0, 0.1) is 0 Å². The average Bonchev–Trinajstić information content (AvgIpc) is 2.20. The minimum atomic E-state index is 0.542. The summed E-state index contributed by atoms with van der Waals surface area (Å²) in [6.45, 7) is 3.43. The van der Waals surface area contributed by atoms with Crippen LogP contribution in [0.1, 0.15) is 18.5 Å². The first kappa shape index (κ1) is 9.10. The SMILES string of the molecule is C[C@H]1SCCN[C@@H]1c1ccccc1. The molecular formula is C11H15NS. The third-order valence-electron chi connectivity index (χ3n) is 2.48. The highest BCUT2D eigenvalue weighted by molar-refractivity contribution is 8.00. The Morgan fingerprint density at radius 1 is 1.31 bits per heavy atom. The zero-order valence-electron chi connectivity index (χ0n) is 7.86. The van der Waals surface area contributed by atoms with E-state index in [1.165, 1.54) is 11.3 Å². The van der Waals surface area contributed by atoms with Crippen molar-refractivity contribution in [1.29, 1.82) is 0 Å². The number of benzene rings is 1. The summed E-state index contributed by atoms with van der Waals surface area (Å²) in [6, 6.07) is 11.3. The van der Waals surface area contributed by atoms with Gasteiger partial charge >= 0.3 is 0 Å². The molecule has 0 aromatic heterocycles. The second kappa shape index (κ2) is 4.16. The van der Waals surface area contributed by atoms with Crippen LogP contribution in [0.3, 0.4) is 0 Å². The Labute approximate surface area is 83.9 Å². The van der Waals surface area contributed by atoms with Gasteiger partial charge in [0.1, 0.15) is 0 Å². The largest absolute Gasteiger partial charge is 0.308 e. The van der Waals surface area contributed by atoms with Crippen molar-refractivity contribution in [2.24, 2.45) is 0 Å². The van der Waals surface area contributed by atoms with Gasteiger partial charge in [-0.15, -0.1) is 0 Å². The van der Waals surface area contributed by atoms with Crippen molar-refractivity contribution in [3.05, 3.63) is 35.9 Å². The van der Waals surface area contributed by atoms with Crippen LogP contribution in [0.4, 0.5) is 0 Å². The van der Waals surface area contributed by atoms with E-state index in [1.807, 2.05) is 0 Å². The fourth-order valence-corrected chi connectivity index (χ4v) is 2.82. The molecule has 70 valence electrons. The Morgan fingerprint density at radius 2 is 2.08 bits per heavy atom. The van der Waals surface area contributed by atoms with Gasteiger partial charge in [0.05, 0.1) is 0 Å². The Morgan fingerprint density at radius 3 is 2.77 bits per heavy atom. The van der Waals surface area contributed by atoms with Gasteiger partial charge < -0.3 is 5.32 Å². The number of thioether (sulfide) groups is 1. The van der Waals surface area contributed by atoms with Crippen LogP contribution in [-0.2, 0) is 0 Å². The van der Waals surface area contributed by atoms with Crippen LogP contribution in [0.2, 0.25) is 0 Å². The molecule has 0 aliphatic carbocycles. The molecule has 2 rings (SSSR count). The summed E-state index contributed by atoms with van der Waals surface area (Å²) < 4.78 is 0. The van der Waals surface area contributed by atoms with Crippen molar-refractivity contribution in [3.63, 3.8) is 0 Å². The summed E-state index contributed by atoms with van der Waals surface area (Å²) in [5.41, 5.74) is 1.42. The summed E-state index contributed by atoms with van der Waals surface area (Å²) in [5, 5.41) is 4.26. The highest BCUT2D eigenvalue weighted by atomic mass is 32.2. The van der Waals surface area contributed by atoms with Crippen molar-refractivity contribution < 1.29 is 0 Å². The van der Waals surface area contributed by atoms with E-state index in [-0.39, 0.29) is 0 Å². The summed E-state index contributed by atoms with van der Waals surface area (Å²) in [6.07, 6.45) is 0. The first-order valence-electron chi connectivity index (χ1n) is 4.78. The van der Waals surface area contributed by atoms with Crippen LogP contribution < -0.4 is 5.32 Å². The maximum absolute atomic E-state index is 3.56. The molecule has 1 aliphatic rings. The standard InChI is InChI=1S/C11H15NS/c1-9-11(12-7-8-13-9)10-5-3-2-4-6-10/h2-6,9,11-12H,7-8H2,1H3/t9-,11+/m1/s1. The fourth-order valence-electron chi connectivity index (χ4n) is 1.77. The van der Waals surface area contributed by atoms with Gasteiger partial charge in [-0.2, -0.15) is 11.8 Å². The lowest BCUT2D eigenvalue weighted by Crippen LogP contribution is -2.35. The van der Waals surface area contributed by atoms with Gasteiger partial charge in [0.15, 0.2) is 0 Å². The van der Waals surface area contributed by atoms with E-state index in [4.69, 9.17) is 0 Å². The van der Waals surface area contributed by atoms with E-state index in [2.05, 4.69) is 54.3 Å². The zero-order chi connectivity index (χ0) is 9.10. The second-order valence-corrected chi connectivity index (χ2v) is 4.90. The van der Waals surface area contributed by atoms with Gasteiger partial charge in [-0.05, 0) is 5.56 Å². The van der Waals surface area contributed by atoms with Crippen molar-refractivity contribution in [2.75, 3.05) is 12.3 Å². The summed E-state index contributed by atoms with van der Waals surface area (Å²) in [4.78, 5) is 0. The molecule has 1 aromatic rings. The van der Waals surface area contributed by atoms with Gasteiger partial charge in [0.25, 0.3) is 0 Å². The summed E-state index contributed by atoms with van der Waals surface area (Å²) in [7, 11) is 0. The van der Waals surface area contributed by atoms with Crippen molar-refractivity contribution in [1.82, 2.24) is 5.32 Å². The number of hydrogen-bond acceptors (Lipinski definition) is 2. The molecule has 1 aromatic carbocycles. The Bertz CT molecular complexity index is 260. The monoisotopic (exact) mass is 193 g/mol. The predicted octanol–water partition coefficient (Wildman–Crippen LogP) is 2.45. The molecule has 1 nitrogen and oxygen atoms in total. The minimum absolute atomic E-state index is 0.542. The number of nitrogens with one attached hydrogen (secondary N) is 1. The lowest BCUT2D eigenvalue weighted by atomic mass is 10.0. The van der Waals surface area contributed by atoms with Crippen LogP contribution in [0.15, 0.2) is 30.3 Å². The van der Waals surface area contributed by atoms with E-state index in [9.17, 15) is 0 Å². The van der Waals surface area contributed by atoms with E-state index < -0.39 is 0 Å². The van der Waals surface area contributed by atoms with E-state index >= 15 is 0 Å². The summed E-state index contributed by atoms with van der Waals surface area (Å²) >= 11 is 2.06. The van der Waals surface area contributed by atoms with Gasteiger partial charge in [0.2, 0.25) is 0 Å². The smallest absolute Gasteiger partial charge is 0.0438 e. The molecule has 1 heterocycles. The van der Waals surface area contributed by atoms with E-state index in [0.29, 0.717) is 11.3 Å². The highest BCUT2D eigenvalue weighted by Gasteiger charge is 2.21. The molecule has 0 amide bonds. The van der Waals surface area contributed by atoms with Gasteiger partial charge in [-0.3, -0.25) is 0 Å². The van der Waals surface area contributed by atoms with Crippen molar-refractivity contribution in [3.8, 4) is 0 Å². The lowest BCUT2D eigenvalue weighted by molar-refractivity contribution is 0.535. The third kappa shape index (κ3) is 2.06. The first-order chi connectivity index (χ1) is 6.38. The molecule has 1 saturated heterocycles. The van der Waals surface area contributed by atoms with Crippen LogP contribution >= 0.6 is 11.8 Å². The molecule has 1 aliphatic heterocycles. The topological polar surface area (TPSA) is 12.0 Å². The fraction of sp³-hybridized carbons (Fsp3) is 0.455. The zero-order valence-corrected chi connectivity index (χ0v) is 8.68. The molecule has 0 saturated carbocycles. The molecular weight excluding hydrogens is 178 g/mol. The van der Waals surface area contributed by atoms with Gasteiger partial charge in [-0.1, -0.05) is 37.3 Å². The first-order valence-corrected chi connectivity index (χ1v) is 5.83. The Hall–Kier alpha value is -0.470. The summed E-state index contributed by atoms with van der Waals surface area (Å²) in [5.74, 6) is 1.24. The van der Waals surface area contributed by atoms with Crippen LogP contribution in [0.25, 0.3) is 0 Å².